The number of rotatable bonds is 7. The largest absolute Gasteiger partial charge is 0.382 e. The number of hydrogen-bond donors (Lipinski definition) is 1. The first-order valence-corrected chi connectivity index (χ1v) is 6.61. The van der Waals surface area contributed by atoms with E-state index in [9.17, 15) is 0 Å². The zero-order chi connectivity index (χ0) is 13.5. The fourth-order valence-corrected chi connectivity index (χ4v) is 1.94. The summed E-state index contributed by atoms with van der Waals surface area (Å²) in [6.07, 6.45) is 0.734. The van der Waals surface area contributed by atoms with Crippen LogP contribution in [-0.4, -0.2) is 25.9 Å². The fourth-order valence-electron chi connectivity index (χ4n) is 1.82. The van der Waals surface area contributed by atoms with Crippen molar-refractivity contribution in [3.8, 4) is 0 Å². The molecule has 0 fully saturated rings. The molecule has 1 rings (SSSR count). The predicted molar refractivity (Wildman–Crippen MR) is 74.9 cm³/mol. The van der Waals surface area contributed by atoms with Gasteiger partial charge in [0.15, 0.2) is 0 Å². The first kappa shape index (κ1) is 15.4. The molecule has 0 bridgehead atoms. The molecule has 0 radical (unpaired) electrons. The molecule has 2 N–H and O–H groups in total. The van der Waals surface area contributed by atoms with Crippen molar-refractivity contribution in [3.63, 3.8) is 0 Å². The van der Waals surface area contributed by atoms with Crippen molar-refractivity contribution < 1.29 is 9.47 Å². The second-order valence-corrected chi connectivity index (χ2v) is 4.88. The Labute approximate surface area is 114 Å². The molecule has 1 aromatic rings. The minimum Gasteiger partial charge on any atom is -0.382 e. The van der Waals surface area contributed by atoms with Gasteiger partial charge in [-0.25, -0.2) is 0 Å². The van der Waals surface area contributed by atoms with Gasteiger partial charge in [-0.2, -0.15) is 0 Å². The minimum absolute atomic E-state index is 0.00766. The Morgan fingerprint density at radius 3 is 2.39 bits per heavy atom. The van der Waals surface area contributed by atoms with Crippen molar-refractivity contribution in [3.05, 3.63) is 34.9 Å². The summed E-state index contributed by atoms with van der Waals surface area (Å²) in [5.41, 5.74) is 7.19. The molecule has 0 heterocycles. The molecule has 0 saturated heterocycles. The van der Waals surface area contributed by atoms with E-state index in [0.717, 1.165) is 12.0 Å². The van der Waals surface area contributed by atoms with E-state index in [2.05, 4.69) is 6.92 Å². The molecule has 0 aliphatic rings. The van der Waals surface area contributed by atoms with Crippen molar-refractivity contribution in [2.45, 2.75) is 38.5 Å². The number of nitrogens with two attached hydrogens (primary N) is 1. The zero-order valence-electron chi connectivity index (χ0n) is 11.2. The molecular formula is C14H22ClNO2. The summed E-state index contributed by atoms with van der Waals surface area (Å²) >= 11 is 5.89. The Bertz CT molecular complexity index is 342. The summed E-state index contributed by atoms with van der Waals surface area (Å²) in [5, 5.41) is 0.715. The molecule has 3 atom stereocenters. The Kier molecular flexibility index (Phi) is 6.65. The molecule has 4 heteroatoms. The van der Waals surface area contributed by atoms with Gasteiger partial charge in [0.05, 0.1) is 18.8 Å². The first-order chi connectivity index (χ1) is 8.58. The molecular weight excluding hydrogens is 250 g/mol. The van der Waals surface area contributed by atoms with Gasteiger partial charge in [-0.1, -0.05) is 30.7 Å². The maximum Gasteiger partial charge on any atom is 0.0980 e. The van der Waals surface area contributed by atoms with Gasteiger partial charge in [0.2, 0.25) is 0 Å². The number of hydrogen-bond acceptors (Lipinski definition) is 3. The molecule has 0 aliphatic heterocycles. The lowest BCUT2D eigenvalue weighted by Gasteiger charge is -2.27. The van der Waals surface area contributed by atoms with Crippen LogP contribution in [0.25, 0.3) is 0 Å². The van der Waals surface area contributed by atoms with Crippen molar-refractivity contribution in [1.82, 2.24) is 0 Å². The van der Waals surface area contributed by atoms with Crippen molar-refractivity contribution >= 4 is 11.6 Å². The summed E-state index contributed by atoms with van der Waals surface area (Å²) in [6, 6.07) is 7.60. The van der Waals surface area contributed by atoms with Gasteiger partial charge in [0.25, 0.3) is 0 Å². The van der Waals surface area contributed by atoms with E-state index in [1.807, 2.05) is 31.2 Å². The molecule has 0 saturated carbocycles. The maximum absolute atomic E-state index is 6.13. The van der Waals surface area contributed by atoms with Gasteiger partial charge in [-0.05, 0) is 31.0 Å². The van der Waals surface area contributed by atoms with E-state index in [1.54, 1.807) is 7.11 Å². The third-order valence-electron chi connectivity index (χ3n) is 2.84. The highest BCUT2D eigenvalue weighted by Gasteiger charge is 2.21. The Hall–Kier alpha value is -0.610. The average molecular weight is 272 g/mol. The molecule has 0 spiro atoms. The number of methoxy groups -OCH3 is 1. The number of halogens is 1. The van der Waals surface area contributed by atoms with Crippen molar-refractivity contribution in [2.24, 2.45) is 5.73 Å². The van der Waals surface area contributed by atoms with Crippen LogP contribution in [0.15, 0.2) is 24.3 Å². The normalized spacial score (nSPS) is 16.3. The van der Waals surface area contributed by atoms with Crippen molar-refractivity contribution in [2.75, 3.05) is 13.7 Å². The summed E-state index contributed by atoms with van der Waals surface area (Å²) in [7, 11) is 1.66. The smallest absolute Gasteiger partial charge is 0.0980 e. The van der Waals surface area contributed by atoms with Crippen LogP contribution in [0.3, 0.4) is 0 Å². The standard InChI is InChI=1S/C14H22ClNO2/c1-4-13(16)14(18-10(2)9-17-3)11-5-7-12(15)8-6-11/h5-8,10,13-14H,4,9,16H2,1-3H3. The summed E-state index contributed by atoms with van der Waals surface area (Å²) in [6.45, 7) is 4.59. The van der Waals surface area contributed by atoms with Gasteiger partial charge in [-0.3, -0.25) is 0 Å². The second kappa shape index (κ2) is 7.74. The topological polar surface area (TPSA) is 44.5 Å². The third-order valence-corrected chi connectivity index (χ3v) is 3.09. The van der Waals surface area contributed by atoms with Crippen LogP contribution in [-0.2, 0) is 9.47 Å². The van der Waals surface area contributed by atoms with Gasteiger partial charge in [0.1, 0.15) is 0 Å². The minimum atomic E-state index is -0.127. The fraction of sp³-hybridized carbons (Fsp3) is 0.571. The van der Waals surface area contributed by atoms with Crippen LogP contribution >= 0.6 is 11.6 Å². The lowest BCUT2D eigenvalue weighted by molar-refractivity contribution is -0.0507. The first-order valence-electron chi connectivity index (χ1n) is 6.23. The molecule has 0 aliphatic carbocycles. The molecule has 3 nitrogen and oxygen atoms in total. The highest BCUT2D eigenvalue weighted by molar-refractivity contribution is 6.30. The number of ether oxygens (including phenoxy) is 2. The Morgan fingerprint density at radius 2 is 1.89 bits per heavy atom. The highest BCUT2D eigenvalue weighted by atomic mass is 35.5. The average Bonchev–Trinajstić information content (AvgIpc) is 2.36. The zero-order valence-corrected chi connectivity index (χ0v) is 12.0. The van der Waals surface area contributed by atoms with E-state index >= 15 is 0 Å². The van der Waals surface area contributed by atoms with E-state index in [0.29, 0.717) is 11.6 Å². The van der Waals surface area contributed by atoms with Gasteiger partial charge >= 0.3 is 0 Å². The quantitative estimate of drug-likeness (QED) is 0.828. The SMILES string of the molecule is CCC(N)C(OC(C)COC)c1ccc(Cl)cc1. The summed E-state index contributed by atoms with van der Waals surface area (Å²) in [5.74, 6) is 0. The monoisotopic (exact) mass is 271 g/mol. The van der Waals surface area contributed by atoms with Crippen LogP contribution < -0.4 is 5.73 Å². The van der Waals surface area contributed by atoms with Gasteiger partial charge in [0, 0.05) is 18.2 Å². The van der Waals surface area contributed by atoms with Crippen LogP contribution in [0.1, 0.15) is 31.9 Å². The third kappa shape index (κ3) is 4.58. The maximum atomic E-state index is 6.13. The number of benzene rings is 1. The summed E-state index contributed by atoms with van der Waals surface area (Å²) in [4.78, 5) is 0. The van der Waals surface area contributed by atoms with E-state index < -0.39 is 0 Å². The van der Waals surface area contributed by atoms with Gasteiger partial charge < -0.3 is 15.2 Å². The summed E-state index contributed by atoms with van der Waals surface area (Å²) < 4.78 is 11.1. The molecule has 1 aromatic carbocycles. The molecule has 102 valence electrons. The van der Waals surface area contributed by atoms with E-state index in [4.69, 9.17) is 26.8 Å². The van der Waals surface area contributed by atoms with Crippen LogP contribution in [0, 0.1) is 0 Å². The van der Waals surface area contributed by atoms with Crippen LogP contribution in [0.2, 0.25) is 5.02 Å². The van der Waals surface area contributed by atoms with E-state index in [1.165, 1.54) is 0 Å². The van der Waals surface area contributed by atoms with Crippen molar-refractivity contribution in [1.29, 1.82) is 0 Å². The Balaban J connectivity index is 2.80. The lowest BCUT2D eigenvalue weighted by atomic mass is 10.0. The van der Waals surface area contributed by atoms with Crippen LogP contribution in [0.4, 0.5) is 0 Å². The second-order valence-electron chi connectivity index (χ2n) is 4.45. The van der Waals surface area contributed by atoms with Crippen LogP contribution in [0.5, 0.6) is 0 Å². The molecule has 18 heavy (non-hydrogen) atoms. The highest BCUT2D eigenvalue weighted by Crippen LogP contribution is 2.25. The molecule has 0 aromatic heterocycles. The van der Waals surface area contributed by atoms with E-state index in [-0.39, 0.29) is 18.2 Å². The molecule has 3 unspecified atom stereocenters. The molecule has 0 amide bonds. The van der Waals surface area contributed by atoms with Gasteiger partial charge in [-0.15, -0.1) is 0 Å². The Morgan fingerprint density at radius 1 is 1.28 bits per heavy atom. The predicted octanol–water partition coefficient (Wildman–Crippen LogP) is 3.17. The lowest BCUT2D eigenvalue weighted by Crippen LogP contribution is -2.32.